The summed E-state index contributed by atoms with van der Waals surface area (Å²) in [6, 6.07) is -0.607. The van der Waals surface area contributed by atoms with Crippen molar-refractivity contribution in [3.63, 3.8) is 0 Å². The smallest absolute Gasteiger partial charge is 0.326 e. The van der Waals surface area contributed by atoms with Gasteiger partial charge in [0.25, 0.3) is 6.92 Å². The lowest BCUT2D eigenvalue weighted by Gasteiger charge is -2.35. The van der Waals surface area contributed by atoms with Gasteiger partial charge in [-0.25, -0.2) is 0 Å². The first-order chi connectivity index (χ1) is 11.1. The Labute approximate surface area is 144 Å². The highest BCUT2D eigenvalue weighted by Gasteiger charge is 2.65. The van der Waals surface area contributed by atoms with Crippen molar-refractivity contribution in [2.75, 3.05) is 19.6 Å². The third-order valence-electron chi connectivity index (χ3n) is 5.81. The maximum atomic E-state index is 12.6. The number of carboxylic acids is 1. The van der Waals surface area contributed by atoms with Crippen LogP contribution in [0.2, 0.25) is 13.1 Å². The molecule has 5 N–H and O–H groups in total. The van der Waals surface area contributed by atoms with Crippen molar-refractivity contribution >= 4 is 18.8 Å². The molecule has 0 radical (unpaired) electrons. The van der Waals surface area contributed by atoms with Gasteiger partial charge in [-0.3, -0.25) is 14.9 Å². The van der Waals surface area contributed by atoms with E-state index in [1.807, 2.05) is 13.8 Å². The largest absolute Gasteiger partial charge is 0.480 e. The van der Waals surface area contributed by atoms with E-state index in [0.717, 1.165) is 12.8 Å². The summed E-state index contributed by atoms with van der Waals surface area (Å²) in [5.41, 5.74) is 4.42. The number of carbonyl (C=O) groups excluding carboxylic acids is 1. The summed E-state index contributed by atoms with van der Waals surface area (Å²) in [6.45, 7) is 6.34. The van der Waals surface area contributed by atoms with E-state index in [0.29, 0.717) is 25.8 Å². The van der Waals surface area contributed by atoms with Crippen molar-refractivity contribution < 1.29 is 19.7 Å². The second-order valence-corrected chi connectivity index (χ2v) is 7.87. The van der Waals surface area contributed by atoms with Gasteiger partial charge in [0, 0.05) is 12.0 Å². The number of carboxylic acid groups (broad SMARTS) is 1. The zero-order valence-electron chi connectivity index (χ0n) is 14.9. The normalized spacial score (nSPS) is 30.5. The molecule has 3 atom stereocenters. The number of nitrogens with zero attached hydrogens (tertiary/aromatic N) is 1. The molecule has 2 saturated heterocycles. The topological polar surface area (TPSA) is 116 Å². The molecule has 2 rings (SSSR count). The molecular formula is C16H30BN3O4. The van der Waals surface area contributed by atoms with Gasteiger partial charge in [0.05, 0.1) is 12.6 Å². The minimum atomic E-state index is -1.10. The van der Waals surface area contributed by atoms with Gasteiger partial charge in [0.2, 0.25) is 5.91 Å². The Bertz CT molecular complexity index is 502. The molecule has 2 heterocycles. The van der Waals surface area contributed by atoms with Crippen LogP contribution in [0.4, 0.5) is 0 Å². The average Bonchev–Trinajstić information content (AvgIpc) is 2.98. The van der Waals surface area contributed by atoms with Gasteiger partial charge < -0.3 is 20.8 Å². The summed E-state index contributed by atoms with van der Waals surface area (Å²) in [5, 5.41) is 22.6. The number of amides is 1. The predicted molar refractivity (Wildman–Crippen MR) is 92.7 cm³/mol. The molecule has 2 aliphatic rings. The Kier molecular flexibility index (Phi) is 5.62. The van der Waals surface area contributed by atoms with E-state index in [1.54, 1.807) is 11.7 Å². The van der Waals surface area contributed by atoms with Crippen molar-refractivity contribution in [2.24, 2.45) is 17.1 Å². The van der Waals surface area contributed by atoms with Gasteiger partial charge in [-0.15, -0.1) is 0 Å². The number of fused-ring (bicyclic) bond motifs is 1. The zero-order valence-corrected chi connectivity index (χ0v) is 14.9. The first kappa shape index (κ1) is 19.2. The SMILES string of the molecule is CB(O)CCC[C@]12CCN[C@@]1(C(=O)O)CN(C(=O)[C@@H](N)C(C)C)C2. The third-order valence-corrected chi connectivity index (χ3v) is 5.81. The quantitative estimate of drug-likeness (QED) is 0.486. The fourth-order valence-corrected chi connectivity index (χ4v) is 4.24. The van der Waals surface area contributed by atoms with Crippen LogP contribution in [-0.2, 0) is 9.59 Å². The van der Waals surface area contributed by atoms with Crippen molar-refractivity contribution in [3.05, 3.63) is 0 Å². The van der Waals surface area contributed by atoms with Crippen LogP contribution in [0.1, 0.15) is 33.1 Å². The summed E-state index contributed by atoms with van der Waals surface area (Å²) >= 11 is 0. The Morgan fingerprint density at radius 3 is 2.58 bits per heavy atom. The molecular weight excluding hydrogens is 309 g/mol. The van der Waals surface area contributed by atoms with Crippen molar-refractivity contribution in [1.29, 1.82) is 0 Å². The van der Waals surface area contributed by atoms with Crippen LogP contribution < -0.4 is 11.1 Å². The highest BCUT2D eigenvalue weighted by atomic mass is 16.4. The second-order valence-electron chi connectivity index (χ2n) is 7.87. The number of hydrogen-bond donors (Lipinski definition) is 4. The minimum absolute atomic E-state index is 0.0119. The molecule has 7 nitrogen and oxygen atoms in total. The third kappa shape index (κ3) is 3.19. The molecule has 0 unspecified atom stereocenters. The summed E-state index contributed by atoms with van der Waals surface area (Å²) in [5.74, 6) is -1.06. The molecule has 0 aromatic carbocycles. The van der Waals surface area contributed by atoms with Gasteiger partial charge in [-0.2, -0.15) is 0 Å². The standard InChI is InChI=1S/C16H30BN3O4/c1-11(2)12(18)13(21)20-9-15(5-4-7-17(3)24)6-8-19-16(15,10-20)14(22)23/h11-12,19,24H,4-10,18H2,1-3H3,(H,22,23)/t12-,15+,16+/m0/s1. The Morgan fingerprint density at radius 2 is 2.04 bits per heavy atom. The number of likely N-dealkylation sites (tertiary alicyclic amines) is 1. The molecule has 0 bridgehead atoms. The van der Waals surface area contributed by atoms with Gasteiger partial charge in [-0.05, 0) is 31.6 Å². The number of nitrogens with two attached hydrogens (primary N) is 1. The highest BCUT2D eigenvalue weighted by Crippen LogP contribution is 2.50. The Hall–Kier alpha value is -1.12. The van der Waals surface area contributed by atoms with Gasteiger partial charge in [0.1, 0.15) is 5.54 Å². The molecule has 0 aromatic heterocycles. The molecule has 2 fully saturated rings. The van der Waals surface area contributed by atoms with Gasteiger partial charge in [0.15, 0.2) is 0 Å². The molecule has 136 valence electrons. The second kappa shape index (κ2) is 7.02. The van der Waals surface area contributed by atoms with E-state index >= 15 is 0 Å². The number of rotatable bonds is 7. The van der Waals surface area contributed by atoms with Crippen LogP contribution in [0.15, 0.2) is 0 Å². The lowest BCUT2D eigenvalue weighted by molar-refractivity contribution is -0.147. The van der Waals surface area contributed by atoms with Crippen molar-refractivity contribution in [1.82, 2.24) is 10.2 Å². The molecule has 24 heavy (non-hydrogen) atoms. The predicted octanol–water partition coefficient (Wildman–Crippen LogP) is 0.00880. The maximum absolute atomic E-state index is 12.6. The van der Waals surface area contributed by atoms with Crippen LogP contribution >= 0.6 is 0 Å². The van der Waals surface area contributed by atoms with E-state index in [4.69, 9.17) is 5.73 Å². The lowest BCUT2D eigenvalue weighted by atomic mass is 9.63. The fraction of sp³-hybridized carbons (Fsp3) is 0.875. The van der Waals surface area contributed by atoms with Gasteiger partial charge in [-0.1, -0.05) is 27.1 Å². The van der Waals surface area contributed by atoms with E-state index in [9.17, 15) is 19.7 Å². The molecule has 1 amide bonds. The zero-order chi connectivity index (χ0) is 18.1. The number of carbonyl (C=O) groups is 2. The van der Waals surface area contributed by atoms with Crippen LogP contribution in [-0.4, -0.2) is 65.0 Å². The van der Waals surface area contributed by atoms with E-state index in [-0.39, 0.29) is 18.4 Å². The minimum Gasteiger partial charge on any atom is -0.480 e. The highest BCUT2D eigenvalue weighted by molar-refractivity contribution is 6.48. The van der Waals surface area contributed by atoms with Crippen LogP contribution in [0.25, 0.3) is 0 Å². The maximum Gasteiger partial charge on any atom is 0.326 e. The lowest BCUT2D eigenvalue weighted by Crippen LogP contribution is -2.58. The molecule has 0 aromatic rings. The van der Waals surface area contributed by atoms with Crippen LogP contribution in [0.3, 0.4) is 0 Å². The summed E-state index contributed by atoms with van der Waals surface area (Å²) < 4.78 is 0. The van der Waals surface area contributed by atoms with Crippen molar-refractivity contribution in [2.45, 2.75) is 57.8 Å². The number of nitrogens with one attached hydrogen (secondary N) is 1. The molecule has 0 aliphatic carbocycles. The van der Waals surface area contributed by atoms with Crippen LogP contribution in [0, 0.1) is 11.3 Å². The fourth-order valence-electron chi connectivity index (χ4n) is 4.24. The first-order valence-electron chi connectivity index (χ1n) is 8.86. The first-order valence-corrected chi connectivity index (χ1v) is 8.86. The molecule has 8 heteroatoms. The van der Waals surface area contributed by atoms with E-state index < -0.39 is 29.9 Å². The Morgan fingerprint density at radius 1 is 1.38 bits per heavy atom. The van der Waals surface area contributed by atoms with Gasteiger partial charge >= 0.3 is 5.97 Å². The van der Waals surface area contributed by atoms with Crippen LogP contribution in [0.5, 0.6) is 0 Å². The number of hydrogen-bond acceptors (Lipinski definition) is 5. The van der Waals surface area contributed by atoms with Crippen molar-refractivity contribution in [3.8, 4) is 0 Å². The summed E-state index contributed by atoms with van der Waals surface area (Å²) in [6.07, 6.45) is 2.78. The summed E-state index contributed by atoms with van der Waals surface area (Å²) in [7, 11) is 0. The molecule has 0 saturated carbocycles. The molecule has 2 aliphatic heterocycles. The monoisotopic (exact) mass is 339 g/mol. The van der Waals surface area contributed by atoms with E-state index in [1.165, 1.54) is 0 Å². The molecule has 0 spiro atoms. The van der Waals surface area contributed by atoms with E-state index in [2.05, 4.69) is 5.32 Å². The number of aliphatic carboxylic acids is 1. The Balaban J connectivity index is 2.22. The summed E-state index contributed by atoms with van der Waals surface area (Å²) in [4.78, 5) is 26.4. The average molecular weight is 339 g/mol.